The van der Waals surface area contributed by atoms with Gasteiger partial charge in [0.05, 0.1) is 0 Å². The normalized spacial score (nSPS) is 13.2. The third kappa shape index (κ3) is 32.9. The molecule has 0 radical (unpaired) electrons. The van der Waals surface area contributed by atoms with E-state index in [2.05, 4.69) is 31.9 Å². The summed E-state index contributed by atoms with van der Waals surface area (Å²) in [5.41, 5.74) is 4.31. The van der Waals surface area contributed by atoms with Crippen molar-refractivity contribution in [3.63, 3.8) is 0 Å². The Balaban J connectivity index is 1.18. The summed E-state index contributed by atoms with van der Waals surface area (Å²) >= 11 is 0. The van der Waals surface area contributed by atoms with E-state index in [1.54, 1.807) is 91.0 Å². The first-order chi connectivity index (χ1) is 52.0. The van der Waals surface area contributed by atoms with Gasteiger partial charge in [-0.05, 0) is 91.2 Å². The first-order valence-corrected chi connectivity index (χ1v) is 35.7. The number of benzene rings is 6. The molecule has 1 aliphatic rings. The highest BCUT2D eigenvalue weighted by molar-refractivity contribution is 5.88. The molecule has 29 nitrogen and oxygen atoms in total. The Labute approximate surface area is 622 Å². The Morgan fingerprint density at radius 2 is 0.523 bits per heavy atom. The first kappa shape index (κ1) is 82.5. The Bertz CT molecular complexity index is 3550. The minimum absolute atomic E-state index is 0.00853. The number of nitrogens with one attached hydrogen (secondary N) is 6. The van der Waals surface area contributed by atoms with Gasteiger partial charge < -0.3 is 89.8 Å². The van der Waals surface area contributed by atoms with E-state index in [0.717, 1.165) is 16.7 Å². The van der Waals surface area contributed by atoms with Gasteiger partial charge in [-0.2, -0.15) is 0 Å². The summed E-state index contributed by atoms with van der Waals surface area (Å²) in [6.45, 7) is -3.92. The van der Waals surface area contributed by atoms with Crippen molar-refractivity contribution < 1.29 is 91.0 Å². The molecule has 7 rings (SSSR count). The molecule has 1 heterocycles. The third-order valence-electron chi connectivity index (χ3n) is 16.9. The standard InChI is InChI=1S/C78H96N10O19/c89-68(57-101-58-69(90)91)85-43-45-86(70(92)65(82-76(98)105-54-62-31-13-4-14-32-62)37-19-22-40-79-73(95)102-51-59-25-7-1-8-26-59)47-49-88(72(94)67(84-78(100)107-56-64-35-17-6-18-36-64)39-21-24-42-81-75(97)104-53-61-29-11-3-12-30-61)50-48-87(46-44-85)71(93)66(83-77(99)106-55-63-33-15-5-16-34-63)38-20-23-41-80-74(96)103-52-60-27-9-2-10-28-60/h1-18,25-36,65-67H,19-24,37-58H2,(H,79,95)(H,80,96)(H,81,97)(H,82,98)(H,83,99)(H,84,100)(H,90,91)/t65-,66-,67-/m0/s1. The highest BCUT2D eigenvalue weighted by atomic mass is 16.6. The number of hydrogen-bond donors (Lipinski definition) is 7. The van der Waals surface area contributed by atoms with Gasteiger partial charge in [-0.3, -0.25) is 19.2 Å². The predicted molar refractivity (Wildman–Crippen MR) is 391 cm³/mol. The average Bonchev–Trinajstić information content (AvgIpc) is 0.855. The van der Waals surface area contributed by atoms with Crippen molar-refractivity contribution in [3.8, 4) is 0 Å². The topological polar surface area (TPSA) is 358 Å². The predicted octanol–water partition coefficient (Wildman–Crippen LogP) is 8.59. The van der Waals surface area contributed by atoms with Crippen LogP contribution in [-0.4, -0.2) is 194 Å². The van der Waals surface area contributed by atoms with E-state index >= 15 is 14.4 Å². The lowest BCUT2D eigenvalue weighted by molar-refractivity contribution is -0.147. The van der Waals surface area contributed by atoms with E-state index in [1.165, 1.54) is 19.6 Å². The van der Waals surface area contributed by atoms with Crippen molar-refractivity contribution in [2.24, 2.45) is 0 Å². The lowest BCUT2D eigenvalue weighted by atomic mass is 10.1. The SMILES string of the molecule is O=C(O)COCC(=O)N1CCN(C(=O)[C@H](CCCCNC(=O)OCc2ccccc2)NC(=O)OCc2ccccc2)CCN(C(=O)[C@H](CCCCNC(=O)OCc2ccccc2)NC(=O)OCc2ccccc2)CCN(C(=O)[C@H](CCCCNC(=O)OCc2ccccc2)NC(=O)OCc2ccccc2)CC1. The molecule has 0 aromatic heterocycles. The van der Waals surface area contributed by atoms with Gasteiger partial charge in [0.2, 0.25) is 23.6 Å². The van der Waals surface area contributed by atoms with Crippen molar-refractivity contribution in [1.82, 2.24) is 51.5 Å². The zero-order chi connectivity index (χ0) is 76.1. The summed E-state index contributed by atoms with van der Waals surface area (Å²) in [7, 11) is 0. The van der Waals surface area contributed by atoms with Gasteiger partial charge in [0.1, 0.15) is 71.0 Å². The van der Waals surface area contributed by atoms with Crippen LogP contribution in [0.25, 0.3) is 0 Å². The second-order valence-corrected chi connectivity index (χ2v) is 25.0. The smallest absolute Gasteiger partial charge is 0.408 e. The van der Waals surface area contributed by atoms with Crippen molar-refractivity contribution in [2.75, 3.05) is 85.2 Å². The van der Waals surface area contributed by atoms with Crippen LogP contribution in [-0.2, 0) is 96.8 Å². The van der Waals surface area contributed by atoms with Crippen LogP contribution in [0.15, 0.2) is 182 Å². The number of ether oxygens (including phenoxy) is 7. The number of aliphatic carboxylic acids is 1. The molecule has 107 heavy (non-hydrogen) atoms. The Kier molecular flexibility index (Phi) is 36.7. The van der Waals surface area contributed by atoms with Crippen LogP contribution in [0, 0.1) is 0 Å². The molecule has 1 aliphatic heterocycles. The van der Waals surface area contributed by atoms with Crippen molar-refractivity contribution in [3.05, 3.63) is 215 Å². The molecule has 29 heteroatoms. The summed E-state index contributed by atoms with van der Waals surface area (Å²) in [4.78, 5) is 158. The first-order valence-electron chi connectivity index (χ1n) is 35.7. The van der Waals surface area contributed by atoms with Crippen molar-refractivity contribution in [1.29, 1.82) is 0 Å². The summed E-state index contributed by atoms with van der Waals surface area (Å²) in [5, 5.41) is 25.8. The number of carbonyl (C=O) groups excluding carboxylic acids is 10. The third-order valence-corrected chi connectivity index (χ3v) is 16.9. The number of amides is 10. The van der Waals surface area contributed by atoms with Crippen molar-refractivity contribution in [2.45, 2.75) is 116 Å². The molecule has 0 spiro atoms. The number of nitrogens with zero attached hydrogens (tertiary/aromatic N) is 4. The second kappa shape index (κ2) is 47.6. The van der Waals surface area contributed by atoms with Gasteiger partial charge in [-0.15, -0.1) is 0 Å². The van der Waals surface area contributed by atoms with Gasteiger partial charge in [0.25, 0.3) is 0 Å². The fourth-order valence-corrected chi connectivity index (χ4v) is 11.1. The Morgan fingerprint density at radius 3 is 0.757 bits per heavy atom. The second-order valence-electron chi connectivity index (χ2n) is 25.0. The van der Waals surface area contributed by atoms with E-state index in [9.17, 15) is 43.5 Å². The largest absolute Gasteiger partial charge is 0.480 e. The maximum Gasteiger partial charge on any atom is 0.408 e. The minimum atomic E-state index is -1.35. The molecule has 0 bridgehead atoms. The van der Waals surface area contributed by atoms with Crippen LogP contribution < -0.4 is 31.9 Å². The molecule has 0 aliphatic carbocycles. The van der Waals surface area contributed by atoms with Gasteiger partial charge in [-0.25, -0.2) is 33.6 Å². The Hall–Kier alpha value is -11.8. The van der Waals surface area contributed by atoms with Gasteiger partial charge in [0.15, 0.2) is 0 Å². The van der Waals surface area contributed by atoms with E-state index in [1.807, 2.05) is 91.0 Å². The van der Waals surface area contributed by atoms with Gasteiger partial charge in [-0.1, -0.05) is 182 Å². The highest BCUT2D eigenvalue weighted by Crippen LogP contribution is 2.16. The molecule has 6 aromatic rings. The summed E-state index contributed by atoms with van der Waals surface area (Å²) in [6, 6.07) is 49.8. The number of rotatable bonds is 37. The van der Waals surface area contributed by atoms with E-state index in [4.69, 9.17) is 33.2 Å². The number of alkyl carbamates (subject to hydrolysis) is 6. The number of carbonyl (C=O) groups is 11. The number of carboxylic acids is 1. The van der Waals surface area contributed by atoms with E-state index < -0.39 is 97.5 Å². The maximum atomic E-state index is 15.6. The minimum Gasteiger partial charge on any atom is -0.480 e. The zero-order valence-electron chi connectivity index (χ0n) is 59.9. The molecule has 6 aromatic carbocycles. The molecular formula is C78H96N10O19. The highest BCUT2D eigenvalue weighted by Gasteiger charge is 2.34. The molecule has 572 valence electrons. The molecule has 1 fully saturated rings. The summed E-state index contributed by atoms with van der Waals surface area (Å²) < 4.78 is 38.3. The fourth-order valence-electron chi connectivity index (χ4n) is 11.1. The van der Waals surface area contributed by atoms with Crippen molar-refractivity contribution >= 4 is 66.2 Å². The maximum absolute atomic E-state index is 15.6. The monoisotopic (exact) mass is 1480 g/mol. The van der Waals surface area contributed by atoms with Gasteiger partial charge in [0, 0.05) is 72.0 Å². The van der Waals surface area contributed by atoms with Crippen LogP contribution in [0.2, 0.25) is 0 Å². The lowest BCUT2D eigenvalue weighted by Gasteiger charge is -2.37. The molecule has 0 saturated carbocycles. The van der Waals surface area contributed by atoms with E-state index in [0.29, 0.717) is 36.0 Å². The fraction of sp³-hybridized carbons (Fsp3) is 0.397. The molecular weight excluding hydrogens is 1380 g/mol. The number of hydrogen-bond acceptors (Lipinski definition) is 18. The average molecular weight is 1480 g/mol. The van der Waals surface area contributed by atoms with Crippen LogP contribution in [0.1, 0.15) is 91.2 Å². The molecule has 7 N–H and O–H groups in total. The zero-order valence-corrected chi connectivity index (χ0v) is 59.9. The van der Waals surface area contributed by atoms with E-state index in [-0.39, 0.29) is 150 Å². The quantitative estimate of drug-likeness (QED) is 0.0142. The molecule has 0 unspecified atom stereocenters. The lowest BCUT2D eigenvalue weighted by Crippen LogP contribution is -2.57. The molecule has 3 atom stereocenters. The van der Waals surface area contributed by atoms with Crippen LogP contribution in [0.3, 0.4) is 0 Å². The van der Waals surface area contributed by atoms with Crippen LogP contribution in [0.4, 0.5) is 28.8 Å². The number of unbranched alkanes of at least 4 members (excludes halogenated alkanes) is 3. The molecule has 1 saturated heterocycles. The van der Waals surface area contributed by atoms with Crippen LogP contribution >= 0.6 is 0 Å². The van der Waals surface area contributed by atoms with Crippen LogP contribution in [0.5, 0.6) is 0 Å². The Morgan fingerprint density at radius 1 is 0.299 bits per heavy atom. The summed E-state index contributed by atoms with van der Waals surface area (Å²) in [6.07, 6.45) is -3.22. The number of carboxylic acid groups (broad SMARTS) is 1. The summed E-state index contributed by atoms with van der Waals surface area (Å²) in [5.74, 6) is -4.10. The molecule has 10 amide bonds. The van der Waals surface area contributed by atoms with Gasteiger partial charge >= 0.3 is 42.5 Å².